The second kappa shape index (κ2) is 14.2. The van der Waals surface area contributed by atoms with E-state index in [0.29, 0.717) is 30.8 Å². The van der Waals surface area contributed by atoms with Crippen LogP contribution in [0, 0.1) is 19.8 Å². The molecule has 1 atom stereocenters. The lowest BCUT2D eigenvalue weighted by Gasteiger charge is -2.31. The monoisotopic (exact) mass is 545 g/mol. The Labute approximate surface area is 228 Å². The Bertz CT molecular complexity index is 1180. The van der Waals surface area contributed by atoms with E-state index >= 15 is 0 Å². The third kappa shape index (κ3) is 9.04. The van der Waals surface area contributed by atoms with Crippen molar-refractivity contribution < 1.29 is 22.7 Å². The molecule has 2 rings (SSSR count). The molecule has 0 bridgehead atoms. The van der Waals surface area contributed by atoms with E-state index in [0.717, 1.165) is 16.7 Å². The third-order valence-corrected chi connectivity index (χ3v) is 7.71. The van der Waals surface area contributed by atoms with Gasteiger partial charge in [-0.25, -0.2) is 8.42 Å². The van der Waals surface area contributed by atoms with E-state index in [2.05, 4.69) is 5.32 Å². The number of anilines is 1. The Balaban J connectivity index is 2.23. The van der Waals surface area contributed by atoms with Gasteiger partial charge in [-0.3, -0.25) is 13.9 Å². The van der Waals surface area contributed by atoms with Crippen molar-refractivity contribution in [3.05, 3.63) is 59.2 Å². The number of carbonyl (C=O) groups excluding carboxylic acids is 2. The molecule has 0 saturated heterocycles. The van der Waals surface area contributed by atoms with Crippen LogP contribution in [0.2, 0.25) is 0 Å². The molecular formula is C29H43N3O5S. The number of hydrogen-bond acceptors (Lipinski definition) is 5. The van der Waals surface area contributed by atoms with Crippen LogP contribution in [0.1, 0.15) is 56.7 Å². The van der Waals surface area contributed by atoms with Gasteiger partial charge in [-0.2, -0.15) is 0 Å². The number of nitrogens with zero attached hydrogens (tertiary/aromatic N) is 2. The zero-order valence-corrected chi connectivity index (χ0v) is 24.6. The summed E-state index contributed by atoms with van der Waals surface area (Å²) in [5.74, 6) is 0.618. The van der Waals surface area contributed by atoms with Crippen molar-refractivity contribution in [1.82, 2.24) is 10.2 Å². The standard InChI is InChI=1S/C29H43N3O5S/c1-8-27(29(34)30-19-21(2)3)31(20-24-12-15-26(37-6)16-13-24)28(33)10-9-17-32(38(7,35)36)25-14-11-22(4)23(5)18-25/h11-16,18,21,27H,8-10,17,19-20H2,1-7H3,(H,30,34)/t27-/m1/s1. The summed E-state index contributed by atoms with van der Waals surface area (Å²) in [5.41, 5.74) is 3.53. The van der Waals surface area contributed by atoms with Crippen LogP contribution in [-0.2, 0) is 26.2 Å². The molecule has 0 unspecified atom stereocenters. The van der Waals surface area contributed by atoms with Gasteiger partial charge in [0.25, 0.3) is 0 Å². The largest absolute Gasteiger partial charge is 0.497 e. The minimum absolute atomic E-state index is 0.112. The molecule has 0 heterocycles. The van der Waals surface area contributed by atoms with Gasteiger partial charge in [-0.15, -0.1) is 0 Å². The molecular weight excluding hydrogens is 502 g/mol. The molecule has 0 saturated carbocycles. The molecule has 0 radical (unpaired) electrons. The minimum Gasteiger partial charge on any atom is -0.497 e. The fraction of sp³-hybridized carbons (Fsp3) is 0.517. The van der Waals surface area contributed by atoms with E-state index in [1.54, 1.807) is 18.1 Å². The summed E-state index contributed by atoms with van der Waals surface area (Å²) in [6, 6.07) is 12.3. The molecule has 0 aliphatic carbocycles. The van der Waals surface area contributed by atoms with Gasteiger partial charge in [0.05, 0.1) is 19.1 Å². The van der Waals surface area contributed by atoms with Gasteiger partial charge in [-0.05, 0) is 73.6 Å². The van der Waals surface area contributed by atoms with Crippen molar-refractivity contribution in [2.45, 2.75) is 66.5 Å². The maximum Gasteiger partial charge on any atom is 0.242 e. The van der Waals surface area contributed by atoms with E-state index in [-0.39, 0.29) is 37.2 Å². The maximum absolute atomic E-state index is 13.5. The first-order valence-corrected chi connectivity index (χ1v) is 15.0. The van der Waals surface area contributed by atoms with Crippen molar-refractivity contribution in [3.8, 4) is 5.75 Å². The van der Waals surface area contributed by atoms with Crippen LogP contribution < -0.4 is 14.4 Å². The van der Waals surface area contributed by atoms with Gasteiger partial charge in [0, 0.05) is 26.1 Å². The molecule has 0 aliphatic heterocycles. The summed E-state index contributed by atoms with van der Waals surface area (Å²) in [7, 11) is -1.95. The van der Waals surface area contributed by atoms with Crippen LogP contribution in [0.3, 0.4) is 0 Å². The normalized spacial score (nSPS) is 12.2. The summed E-state index contributed by atoms with van der Waals surface area (Å²) < 4.78 is 31.7. The van der Waals surface area contributed by atoms with Gasteiger partial charge in [-0.1, -0.05) is 39.0 Å². The lowest BCUT2D eigenvalue weighted by atomic mass is 10.1. The molecule has 0 aromatic heterocycles. The first kappa shape index (κ1) is 31.1. The lowest BCUT2D eigenvalue weighted by molar-refractivity contribution is -0.141. The predicted molar refractivity (Wildman–Crippen MR) is 153 cm³/mol. The second-order valence-electron chi connectivity index (χ2n) is 10.1. The average Bonchev–Trinajstić information content (AvgIpc) is 2.86. The van der Waals surface area contributed by atoms with Gasteiger partial charge in [0.1, 0.15) is 11.8 Å². The van der Waals surface area contributed by atoms with Gasteiger partial charge in [0.15, 0.2) is 0 Å². The van der Waals surface area contributed by atoms with E-state index in [1.807, 2.05) is 71.0 Å². The lowest BCUT2D eigenvalue weighted by Crippen LogP contribution is -2.49. The Morgan fingerprint density at radius 3 is 2.21 bits per heavy atom. The second-order valence-corrected chi connectivity index (χ2v) is 12.0. The Kier molecular flexibility index (Phi) is 11.6. The third-order valence-electron chi connectivity index (χ3n) is 6.51. The molecule has 0 spiro atoms. The van der Waals surface area contributed by atoms with Crippen LogP contribution >= 0.6 is 0 Å². The highest BCUT2D eigenvalue weighted by Crippen LogP contribution is 2.23. The molecule has 1 N–H and O–H groups in total. The van der Waals surface area contributed by atoms with E-state index in [9.17, 15) is 18.0 Å². The highest BCUT2D eigenvalue weighted by Gasteiger charge is 2.29. The number of aryl methyl sites for hydroxylation is 2. The average molecular weight is 546 g/mol. The quantitative estimate of drug-likeness (QED) is 0.379. The molecule has 2 aromatic rings. The first-order chi connectivity index (χ1) is 17.9. The number of benzene rings is 2. The molecule has 8 nitrogen and oxygen atoms in total. The van der Waals surface area contributed by atoms with E-state index < -0.39 is 16.1 Å². The van der Waals surface area contributed by atoms with Crippen molar-refractivity contribution in [2.75, 3.05) is 30.8 Å². The number of methoxy groups -OCH3 is 1. The van der Waals surface area contributed by atoms with Crippen LogP contribution in [-0.4, -0.2) is 57.6 Å². The van der Waals surface area contributed by atoms with Gasteiger partial charge < -0.3 is 15.0 Å². The number of ether oxygens (including phenoxy) is 1. The number of rotatable bonds is 14. The summed E-state index contributed by atoms with van der Waals surface area (Å²) in [4.78, 5) is 28.2. The predicted octanol–water partition coefficient (Wildman–Crippen LogP) is 4.44. The van der Waals surface area contributed by atoms with Crippen LogP contribution in [0.5, 0.6) is 5.75 Å². The SMILES string of the molecule is CC[C@H](C(=O)NCC(C)C)N(Cc1ccc(OC)cc1)C(=O)CCCN(c1ccc(C)c(C)c1)S(C)(=O)=O. The number of amides is 2. The first-order valence-electron chi connectivity index (χ1n) is 13.1. The molecule has 0 fully saturated rings. The summed E-state index contributed by atoms with van der Waals surface area (Å²) >= 11 is 0. The maximum atomic E-state index is 13.5. The van der Waals surface area contributed by atoms with Crippen LogP contribution in [0.15, 0.2) is 42.5 Å². The molecule has 2 amide bonds. The summed E-state index contributed by atoms with van der Waals surface area (Å²) in [5, 5.41) is 2.96. The fourth-order valence-corrected chi connectivity index (χ4v) is 5.11. The molecule has 9 heteroatoms. The van der Waals surface area contributed by atoms with Crippen molar-refractivity contribution in [2.24, 2.45) is 5.92 Å². The number of hydrogen-bond donors (Lipinski definition) is 1. The van der Waals surface area contributed by atoms with Gasteiger partial charge in [0.2, 0.25) is 21.8 Å². The summed E-state index contributed by atoms with van der Waals surface area (Å²) in [6.07, 6.45) is 2.07. The smallest absolute Gasteiger partial charge is 0.242 e. The summed E-state index contributed by atoms with van der Waals surface area (Å²) in [6.45, 7) is 10.8. The highest BCUT2D eigenvalue weighted by molar-refractivity contribution is 7.92. The van der Waals surface area contributed by atoms with Crippen LogP contribution in [0.4, 0.5) is 5.69 Å². The zero-order chi connectivity index (χ0) is 28.5. The van der Waals surface area contributed by atoms with Crippen LogP contribution in [0.25, 0.3) is 0 Å². The number of carbonyl (C=O) groups is 2. The molecule has 38 heavy (non-hydrogen) atoms. The molecule has 0 aliphatic rings. The number of sulfonamides is 1. The molecule has 210 valence electrons. The Morgan fingerprint density at radius 2 is 1.68 bits per heavy atom. The highest BCUT2D eigenvalue weighted by atomic mass is 32.2. The Morgan fingerprint density at radius 1 is 1.03 bits per heavy atom. The van der Waals surface area contributed by atoms with E-state index in [4.69, 9.17) is 4.74 Å². The zero-order valence-electron chi connectivity index (χ0n) is 23.8. The van der Waals surface area contributed by atoms with Crippen molar-refractivity contribution >= 4 is 27.5 Å². The topological polar surface area (TPSA) is 96.0 Å². The fourth-order valence-electron chi connectivity index (χ4n) is 4.15. The van der Waals surface area contributed by atoms with Gasteiger partial charge >= 0.3 is 0 Å². The Hall–Kier alpha value is -3.07. The van der Waals surface area contributed by atoms with Crippen molar-refractivity contribution in [1.29, 1.82) is 0 Å². The minimum atomic E-state index is -3.54. The van der Waals surface area contributed by atoms with E-state index in [1.165, 1.54) is 10.6 Å². The molecule has 2 aromatic carbocycles. The van der Waals surface area contributed by atoms with Crippen molar-refractivity contribution in [3.63, 3.8) is 0 Å². The number of nitrogens with one attached hydrogen (secondary N) is 1.